The third-order valence-corrected chi connectivity index (χ3v) is 2.67. The quantitative estimate of drug-likeness (QED) is 0.711. The van der Waals surface area contributed by atoms with E-state index in [0.29, 0.717) is 5.92 Å². The van der Waals surface area contributed by atoms with Crippen LogP contribution in [-0.2, 0) is 9.53 Å². The van der Waals surface area contributed by atoms with Crippen molar-refractivity contribution in [1.82, 2.24) is 5.32 Å². The summed E-state index contributed by atoms with van der Waals surface area (Å²) in [5.41, 5.74) is -0.414. The Bertz CT molecular complexity index is 232. The molecule has 16 heavy (non-hydrogen) atoms. The van der Waals surface area contributed by atoms with Crippen LogP contribution in [0.25, 0.3) is 0 Å². The first kappa shape index (κ1) is 15.4. The van der Waals surface area contributed by atoms with E-state index in [2.05, 4.69) is 33.0 Å². The predicted molar refractivity (Wildman–Crippen MR) is 67.3 cm³/mol. The molecule has 0 rings (SSSR count). The molecule has 0 saturated carbocycles. The fourth-order valence-corrected chi connectivity index (χ4v) is 1.96. The van der Waals surface area contributed by atoms with E-state index in [1.807, 2.05) is 13.8 Å². The van der Waals surface area contributed by atoms with Crippen LogP contribution in [0.4, 0.5) is 0 Å². The summed E-state index contributed by atoms with van der Waals surface area (Å²) in [6.45, 7) is 13.4. The lowest BCUT2D eigenvalue weighted by Gasteiger charge is -2.32. The molecule has 96 valence electrons. The molecule has 0 aromatic rings. The molecule has 1 N–H and O–H groups in total. The lowest BCUT2D eigenvalue weighted by atomic mass is 9.83. The van der Waals surface area contributed by atoms with E-state index < -0.39 is 5.54 Å². The van der Waals surface area contributed by atoms with Gasteiger partial charge in [0.25, 0.3) is 0 Å². The molecule has 0 aliphatic carbocycles. The highest BCUT2D eigenvalue weighted by atomic mass is 16.5. The maximum Gasteiger partial charge on any atom is 0.325 e. The molecule has 0 aliphatic heterocycles. The van der Waals surface area contributed by atoms with E-state index in [0.717, 1.165) is 13.0 Å². The normalized spacial score (nSPS) is 13.0. The van der Waals surface area contributed by atoms with Gasteiger partial charge >= 0.3 is 5.97 Å². The molecular weight excluding hydrogens is 202 g/mol. The molecule has 0 aromatic carbocycles. The second kappa shape index (κ2) is 5.67. The van der Waals surface area contributed by atoms with E-state index >= 15 is 0 Å². The Kier molecular flexibility index (Phi) is 5.47. The number of hydrogen-bond acceptors (Lipinski definition) is 3. The number of methoxy groups -OCH3 is 1. The van der Waals surface area contributed by atoms with Crippen molar-refractivity contribution in [2.75, 3.05) is 13.7 Å². The Hall–Kier alpha value is -0.570. The maximum atomic E-state index is 11.5. The van der Waals surface area contributed by atoms with Crippen LogP contribution in [0.2, 0.25) is 0 Å². The van der Waals surface area contributed by atoms with Gasteiger partial charge in [-0.2, -0.15) is 0 Å². The van der Waals surface area contributed by atoms with Gasteiger partial charge in [0, 0.05) is 6.54 Å². The molecule has 0 amide bonds. The van der Waals surface area contributed by atoms with Gasteiger partial charge in [-0.25, -0.2) is 0 Å². The zero-order valence-electron chi connectivity index (χ0n) is 11.8. The van der Waals surface area contributed by atoms with E-state index in [-0.39, 0.29) is 11.4 Å². The van der Waals surface area contributed by atoms with Crippen LogP contribution in [0.15, 0.2) is 0 Å². The van der Waals surface area contributed by atoms with E-state index in [4.69, 9.17) is 4.74 Å². The van der Waals surface area contributed by atoms with Crippen molar-refractivity contribution >= 4 is 5.97 Å². The number of carbonyl (C=O) groups excluding carboxylic acids is 1. The molecule has 0 spiro atoms. The number of carbonyl (C=O) groups is 1. The summed E-state index contributed by atoms with van der Waals surface area (Å²) in [5.74, 6) is 0.450. The van der Waals surface area contributed by atoms with Gasteiger partial charge in [-0.05, 0) is 31.6 Å². The molecule has 0 radical (unpaired) electrons. The molecule has 0 unspecified atom stereocenters. The molecule has 3 heteroatoms. The highest BCUT2D eigenvalue weighted by molar-refractivity contribution is 5.79. The Morgan fingerprint density at radius 2 is 1.75 bits per heavy atom. The van der Waals surface area contributed by atoms with Gasteiger partial charge in [0.05, 0.1) is 7.11 Å². The van der Waals surface area contributed by atoms with Gasteiger partial charge in [-0.1, -0.05) is 27.7 Å². The molecule has 0 heterocycles. The minimum atomic E-state index is -0.608. The van der Waals surface area contributed by atoms with Crippen LogP contribution in [0, 0.1) is 11.3 Å². The summed E-state index contributed by atoms with van der Waals surface area (Å²) in [6.07, 6.45) is 1.14. The average Bonchev–Trinajstić information content (AvgIpc) is 2.12. The average molecular weight is 229 g/mol. The zero-order valence-corrected chi connectivity index (χ0v) is 11.8. The monoisotopic (exact) mass is 229 g/mol. The highest BCUT2D eigenvalue weighted by Crippen LogP contribution is 2.25. The van der Waals surface area contributed by atoms with Gasteiger partial charge in [0.15, 0.2) is 0 Å². The minimum absolute atomic E-state index is 0.194. The fourth-order valence-electron chi connectivity index (χ4n) is 1.96. The lowest BCUT2D eigenvalue weighted by Crippen LogP contribution is -2.50. The van der Waals surface area contributed by atoms with Crippen molar-refractivity contribution in [3.63, 3.8) is 0 Å². The zero-order chi connectivity index (χ0) is 13.0. The Morgan fingerprint density at radius 3 is 2.12 bits per heavy atom. The van der Waals surface area contributed by atoms with Crippen LogP contribution >= 0.6 is 0 Å². The number of nitrogens with one attached hydrogen (secondary N) is 1. The van der Waals surface area contributed by atoms with Gasteiger partial charge < -0.3 is 10.1 Å². The summed E-state index contributed by atoms with van der Waals surface area (Å²) in [6, 6.07) is 0. The number of hydrogen-bond donors (Lipinski definition) is 1. The van der Waals surface area contributed by atoms with E-state index in [1.165, 1.54) is 7.11 Å². The predicted octanol–water partition coefficient (Wildman–Crippen LogP) is 2.60. The third-order valence-electron chi connectivity index (χ3n) is 2.67. The topological polar surface area (TPSA) is 38.3 Å². The van der Waals surface area contributed by atoms with Gasteiger partial charge in [-0.3, -0.25) is 4.79 Å². The fraction of sp³-hybridized carbons (Fsp3) is 0.923. The van der Waals surface area contributed by atoms with Crippen molar-refractivity contribution in [2.45, 2.75) is 53.5 Å². The number of esters is 1. The summed E-state index contributed by atoms with van der Waals surface area (Å²) >= 11 is 0. The van der Waals surface area contributed by atoms with Crippen LogP contribution in [0.3, 0.4) is 0 Å². The summed E-state index contributed by atoms with van der Waals surface area (Å²) < 4.78 is 4.76. The van der Waals surface area contributed by atoms with Crippen LogP contribution in [0.1, 0.15) is 48.0 Å². The van der Waals surface area contributed by atoms with Crippen LogP contribution in [-0.4, -0.2) is 25.2 Å². The Morgan fingerprint density at radius 1 is 1.25 bits per heavy atom. The van der Waals surface area contributed by atoms with Crippen LogP contribution in [0.5, 0.6) is 0 Å². The maximum absolute atomic E-state index is 11.5. The second-order valence-corrected chi connectivity index (χ2v) is 6.23. The SMILES string of the molecule is COC(=O)C(C)(C)NCC(C)(C)CC(C)C. The highest BCUT2D eigenvalue weighted by Gasteiger charge is 2.30. The summed E-state index contributed by atoms with van der Waals surface area (Å²) in [7, 11) is 1.42. The van der Waals surface area contributed by atoms with Gasteiger partial charge in [-0.15, -0.1) is 0 Å². The standard InChI is InChI=1S/C13H27NO2/c1-10(2)8-12(3,4)9-14-13(5,6)11(15)16-7/h10,14H,8-9H2,1-7H3. The van der Waals surface area contributed by atoms with Crippen molar-refractivity contribution < 1.29 is 9.53 Å². The largest absolute Gasteiger partial charge is 0.468 e. The van der Waals surface area contributed by atoms with E-state index in [1.54, 1.807) is 0 Å². The first-order chi connectivity index (χ1) is 7.10. The van der Waals surface area contributed by atoms with E-state index in [9.17, 15) is 4.79 Å². The second-order valence-electron chi connectivity index (χ2n) is 6.23. The Labute approximate surface area is 99.9 Å². The molecule has 0 atom stereocenters. The first-order valence-corrected chi connectivity index (χ1v) is 5.94. The third kappa shape index (κ3) is 5.50. The molecule has 0 aliphatic rings. The van der Waals surface area contributed by atoms with Crippen LogP contribution < -0.4 is 5.32 Å². The molecule has 0 aromatic heterocycles. The van der Waals surface area contributed by atoms with Gasteiger partial charge in [0.1, 0.15) is 5.54 Å². The lowest BCUT2D eigenvalue weighted by molar-refractivity contribution is -0.147. The van der Waals surface area contributed by atoms with Gasteiger partial charge in [0.2, 0.25) is 0 Å². The molecule has 3 nitrogen and oxygen atoms in total. The van der Waals surface area contributed by atoms with Crippen molar-refractivity contribution in [2.24, 2.45) is 11.3 Å². The number of rotatable bonds is 6. The smallest absolute Gasteiger partial charge is 0.325 e. The molecule has 0 fully saturated rings. The molecule has 0 saturated heterocycles. The first-order valence-electron chi connectivity index (χ1n) is 5.94. The van der Waals surface area contributed by atoms with Crippen molar-refractivity contribution in [3.8, 4) is 0 Å². The van der Waals surface area contributed by atoms with Crippen molar-refractivity contribution in [1.29, 1.82) is 0 Å². The number of ether oxygens (including phenoxy) is 1. The Balaban J connectivity index is 4.27. The summed E-state index contributed by atoms with van der Waals surface area (Å²) in [4.78, 5) is 11.5. The van der Waals surface area contributed by atoms with Crippen molar-refractivity contribution in [3.05, 3.63) is 0 Å². The molecular formula is C13H27NO2. The minimum Gasteiger partial charge on any atom is -0.468 e. The summed E-state index contributed by atoms with van der Waals surface area (Å²) in [5, 5.41) is 3.28. The molecule has 0 bridgehead atoms.